The van der Waals surface area contributed by atoms with Gasteiger partial charge < -0.3 is 14.6 Å². The van der Waals surface area contributed by atoms with Crippen molar-refractivity contribution in [3.63, 3.8) is 0 Å². The first-order valence-electron chi connectivity index (χ1n) is 10.5. The smallest absolute Gasteiger partial charge is 0.410 e. The van der Waals surface area contributed by atoms with Gasteiger partial charge in [-0.15, -0.1) is 0 Å². The number of carbonyl (C=O) groups is 1. The minimum Gasteiger partial charge on any atom is -0.444 e. The van der Waals surface area contributed by atoms with Crippen LogP contribution in [0, 0.1) is 0 Å². The number of para-hydroxylation sites is 1. The first kappa shape index (κ1) is 21.4. The van der Waals surface area contributed by atoms with Crippen LogP contribution in [0.3, 0.4) is 0 Å². The molecule has 1 aliphatic heterocycles. The molecule has 3 aromatic rings. The maximum absolute atomic E-state index is 13.2. The third kappa shape index (κ3) is 4.32. The van der Waals surface area contributed by atoms with Crippen LogP contribution in [-0.2, 0) is 14.6 Å². The summed E-state index contributed by atoms with van der Waals surface area (Å²) in [5.41, 5.74) is 1.44. The van der Waals surface area contributed by atoms with E-state index in [0.717, 1.165) is 23.9 Å². The molecular weight excluding hydrogens is 412 g/mol. The fourth-order valence-electron chi connectivity index (χ4n) is 4.14. The summed E-state index contributed by atoms with van der Waals surface area (Å²) >= 11 is 0. The fraction of sp³-hybridized carbons (Fsp3) is 0.375. The maximum Gasteiger partial charge on any atom is 0.410 e. The van der Waals surface area contributed by atoms with Gasteiger partial charge in [0, 0.05) is 24.7 Å². The largest absolute Gasteiger partial charge is 0.444 e. The molecule has 0 radical (unpaired) electrons. The van der Waals surface area contributed by atoms with Crippen LogP contribution in [-0.4, -0.2) is 43.1 Å². The first-order valence-corrected chi connectivity index (χ1v) is 12.0. The molecule has 164 valence electrons. The Morgan fingerprint density at radius 1 is 1.03 bits per heavy atom. The average Bonchev–Trinajstić information content (AvgIpc) is 3.18. The van der Waals surface area contributed by atoms with Gasteiger partial charge in [-0.3, -0.25) is 0 Å². The van der Waals surface area contributed by atoms with E-state index < -0.39 is 15.4 Å². The van der Waals surface area contributed by atoms with Gasteiger partial charge in [0.2, 0.25) is 9.84 Å². The van der Waals surface area contributed by atoms with Gasteiger partial charge in [0.25, 0.3) is 0 Å². The van der Waals surface area contributed by atoms with Gasteiger partial charge >= 0.3 is 6.09 Å². The number of aromatic nitrogens is 1. The van der Waals surface area contributed by atoms with Crippen molar-refractivity contribution in [2.75, 3.05) is 13.1 Å². The fourth-order valence-corrected chi connectivity index (χ4v) is 5.58. The van der Waals surface area contributed by atoms with Gasteiger partial charge in [0.1, 0.15) is 5.60 Å². The molecule has 0 saturated carbocycles. The van der Waals surface area contributed by atoms with E-state index in [1.165, 1.54) is 0 Å². The molecule has 7 heteroatoms. The van der Waals surface area contributed by atoms with Crippen molar-refractivity contribution in [2.24, 2.45) is 0 Å². The Bertz CT molecular complexity index is 1190. The predicted molar refractivity (Wildman–Crippen MR) is 120 cm³/mol. The SMILES string of the molecule is CC(C)(C)OC(=O)N1CCC(c2cccc3c(S(=O)(=O)c4ccccc4)c[nH]c23)CC1. The number of amides is 1. The van der Waals surface area contributed by atoms with E-state index in [1.54, 1.807) is 41.4 Å². The molecule has 1 saturated heterocycles. The Morgan fingerprint density at radius 3 is 2.35 bits per heavy atom. The second-order valence-electron chi connectivity index (χ2n) is 8.98. The number of piperidine rings is 1. The highest BCUT2D eigenvalue weighted by Crippen LogP contribution is 2.36. The van der Waals surface area contributed by atoms with Gasteiger partial charge in [0.15, 0.2) is 0 Å². The Morgan fingerprint density at radius 2 is 1.71 bits per heavy atom. The Kier molecular flexibility index (Phi) is 5.56. The van der Waals surface area contributed by atoms with Crippen LogP contribution < -0.4 is 0 Å². The van der Waals surface area contributed by atoms with Crippen LogP contribution >= 0.6 is 0 Å². The van der Waals surface area contributed by atoms with Crippen LogP contribution in [0.2, 0.25) is 0 Å². The predicted octanol–water partition coefficient (Wildman–Crippen LogP) is 5.12. The Labute approximate surface area is 183 Å². The van der Waals surface area contributed by atoms with Crippen molar-refractivity contribution < 1.29 is 17.9 Å². The molecule has 1 N–H and O–H groups in total. The second kappa shape index (κ2) is 8.04. The standard InChI is InChI=1S/C24H28N2O4S/c1-24(2,3)30-23(27)26-14-12-17(13-15-26)19-10-7-11-20-21(16-25-22(19)20)31(28,29)18-8-5-4-6-9-18/h4-11,16-17,25H,12-15H2,1-3H3. The summed E-state index contributed by atoms with van der Waals surface area (Å²) in [4.78, 5) is 17.9. The zero-order chi connectivity index (χ0) is 22.2. The van der Waals surface area contributed by atoms with Crippen LogP contribution in [0.15, 0.2) is 64.5 Å². The highest BCUT2D eigenvalue weighted by atomic mass is 32.2. The summed E-state index contributed by atoms with van der Waals surface area (Å²) in [6.45, 7) is 6.83. The molecule has 2 heterocycles. The number of aromatic amines is 1. The summed E-state index contributed by atoms with van der Waals surface area (Å²) in [5, 5.41) is 0.705. The lowest BCUT2D eigenvalue weighted by Gasteiger charge is -2.33. The van der Waals surface area contributed by atoms with Gasteiger partial charge in [-0.25, -0.2) is 13.2 Å². The van der Waals surface area contributed by atoms with Crippen molar-refractivity contribution in [3.8, 4) is 0 Å². The van der Waals surface area contributed by atoms with Crippen LogP contribution in [0.25, 0.3) is 10.9 Å². The molecule has 0 unspecified atom stereocenters. The molecule has 1 amide bonds. The number of benzene rings is 2. The summed E-state index contributed by atoms with van der Waals surface area (Å²) in [7, 11) is -3.61. The number of nitrogens with one attached hydrogen (secondary N) is 1. The molecule has 0 bridgehead atoms. The van der Waals surface area contributed by atoms with Crippen molar-refractivity contribution in [3.05, 3.63) is 60.3 Å². The third-order valence-corrected chi connectivity index (χ3v) is 7.45. The number of likely N-dealkylation sites (tertiary alicyclic amines) is 1. The second-order valence-corrected chi connectivity index (χ2v) is 10.9. The van der Waals surface area contributed by atoms with Crippen molar-refractivity contribution in [1.29, 1.82) is 0 Å². The van der Waals surface area contributed by atoms with Crippen molar-refractivity contribution in [2.45, 2.75) is 54.9 Å². The number of hydrogen-bond donors (Lipinski definition) is 1. The molecule has 31 heavy (non-hydrogen) atoms. The average molecular weight is 441 g/mol. The van der Waals surface area contributed by atoms with E-state index in [4.69, 9.17) is 4.74 Å². The number of fused-ring (bicyclic) bond motifs is 1. The zero-order valence-electron chi connectivity index (χ0n) is 18.1. The molecule has 2 aromatic carbocycles. The monoisotopic (exact) mass is 440 g/mol. The maximum atomic E-state index is 13.2. The molecule has 4 rings (SSSR count). The summed E-state index contributed by atoms with van der Waals surface area (Å²) < 4.78 is 31.8. The summed E-state index contributed by atoms with van der Waals surface area (Å²) in [5.74, 6) is 0.244. The molecule has 6 nitrogen and oxygen atoms in total. The number of carbonyl (C=O) groups excluding carboxylic acids is 1. The number of hydrogen-bond acceptors (Lipinski definition) is 4. The van der Waals surface area contributed by atoms with Crippen molar-refractivity contribution in [1.82, 2.24) is 9.88 Å². The minimum absolute atomic E-state index is 0.244. The highest BCUT2D eigenvalue weighted by molar-refractivity contribution is 7.91. The Hall–Kier alpha value is -2.80. The summed E-state index contributed by atoms with van der Waals surface area (Å²) in [6, 6.07) is 14.3. The van der Waals surface area contributed by atoms with Crippen LogP contribution in [0.1, 0.15) is 45.1 Å². The molecule has 0 spiro atoms. The normalized spacial score (nSPS) is 15.9. The molecule has 0 atom stereocenters. The van der Waals surface area contributed by atoms with Crippen LogP contribution in [0.5, 0.6) is 0 Å². The topological polar surface area (TPSA) is 79.5 Å². The summed E-state index contributed by atoms with van der Waals surface area (Å²) in [6.07, 6.45) is 2.92. The van der Waals surface area contributed by atoms with Gasteiger partial charge in [-0.05, 0) is 57.2 Å². The molecule has 1 aliphatic rings. The van der Waals surface area contributed by atoms with E-state index >= 15 is 0 Å². The van der Waals surface area contributed by atoms with Gasteiger partial charge in [-0.2, -0.15) is 0 Å². The third-order valence-electron chi connectivity index (χ3n) is 5.64. The van der Waals surface area contributed by atoms with E-state index in [9.17, 15) is 13.2 Å². The van der Waals surface area contributed by atoms with E-state index in [1.807, 2.05) is 39.0 Å². The van der Waals surface area contributed by atoms with E-state index in [2.05, 4.69) is 4.98 Å². The lowest BCUT2D eigenvalue weighted by molar-refractivity contribution is 0.0205. The number of rotatable bonds is 3. The molecule has 1 fully saturated rings. The number of ether oxygens (including phenoxy) is 1. The number of nitrogens with zero attached hydrogens (tertiary/aromatic N) is 1. The van der Waals surface area contributed by atoms with E-state index in [-0.39, 0.29) is 16.9 Å². The Balaban J connectivity index is 1.58. The lowest BCUT2D eigenvalue weighted by atomic mass is 9.88. The number of H-pyrrole nitrogens is 1. The zero-order valence-corrected chi connectivity index (χ0v) is 18.9. The van der Waals surface area contributed by atoms with Gasteiger partial charge in [0.05, 0.1) is 15.3 Å². The van der Waals surface area contributed by atoms with Gasteiger partial charge in [-0.1, -0.05) is 36.4 Å². The van der Waals surface area contributed by atoms with Crippen LogP contribution in [0.4, 0.5) is 4.79 Å². The molecule has 1 aromatic heterocycles. The number of sulfone groups is 1. The quantitative estimate of drug-likeness (QED) is 0.613. The molecule has 0 aliphatic carbocycles. The van der Waals surface area contributed by atoms with E-state index in [0.29, 0.717) is 23.4 Å². The lowest BCUT2D eigenvalue weighted by Crippen LogP contribution is -2.41. The van der Waals surface area contributed by atoms with Crippen molar-refractivity contribution >= 4 is 26.8 Å². The highest BCUT2D eigenvalue weighted by Gasteiger charge is 2.29. The minimum atomic E-state index is -3.61. The first-order chi connectivity index (χ1) is 14.7. The molecular formula is C24H28N2O4S.